The average molecular weight is 209 g/mol. The summed E-state index contributed by atoms with van der Waals surface area (Å²) in [6.07, 6.45) is 5.80. The molecule has 1 aliphatic rings. The van der Waals surface area contributed by atoms with Gasteiger partial charge in [-0.05, 0) is 53.1 Å². The third kappa shape index (κ3) is 2.91. The first-order valence-electron chi connectivity index (χ1n) is 5.76. The number of allylic oxidation sites excluding steroid dienone is 1. The minimum Gasteiger partial charge on any atom is -0.303 e. The standard InChI is InChI=1S/C13H23NO/c1-5-6-13(11-15)7-9-14(10-8-13)12(2,3)4/h5,11H,1,6-10H2,2-4H3. The van der Waals surface area contributed by atoms with E-state index in [2.05, 4.69) is 32.3 Å². The van der Waals surface area contributed by atoms with Crippen LogP contribution >= 0.6 is 0 Å². The Balaban J connectivity index is 2.60. The second-order valence-corrected chi connectivity index (χ2v) is 5.63. The lowest BCUT2D eigenvalue weighted by molar-refractivity contribution is -0.119. The highest BCUT2D eigenvalue weighted by Gasteiger charge is 2.36. The Morgan fingerprint density at radius 3 is 2.20 bits per heavy atom. The third-order valence-corrected chi connectivity index (χ3v) is 3.51. The molecule has 0 bridgehead atoms. The fourth-order valence-corrected chi connectivity index (χ4v) is 2.28. The SMILES string of the molecule is C=CCC1(C=O)CCN(C(C)(C)C)CC1. The van der Waals surface area contributed by atoms with E-state index in [1.54, 1.807) is 0 Å². The maximum Gasteiger partial charge on any atom is 0.126 e. The molecule has 0 unspecified atom stereocenters. The summed E-state index contributed by atoms with van der Waals surface area (Å²) in [5.41, 5.74) is 0.104. The molecule has 0 N–H and O–H groups in total. The molecule has 0 amide bonds. The highest BCUT2D eigenvalue weighted by atomic mass is 16.1. The Bertz CT molecular complexity index is 231. The van der Waals surface area contributed by atoms with Crippen LogP contribution in [0.5, 0.6) is 0 Å². The largest absolute Gasteiger partial charge is 0.303 e. The van der Waals surface area contributed by atoms with Crippen LogP contribution in [0.15, 0.2) is 12.7 Å². The average Bonchev–Trinajstić information content (AvgIpc) is 2.17. The van der Waals surface area contributed by atoms with E-state index in [1.165, 1.54) is 0 Å². The zero-order chi connectivity index (χ0) is 11.5. The van der Waals surface area contributed by atoms with Gasteiger partial charge in [0, 0.05) is 11.0 Å². The van der Waals surface area contributed by atoms with Gasteiger partial charge in [-0.25, -0.2) is 0 Å². The Hall–Kier alpha value is -0.630. The molecule has 0 spiro atoms. The Labute approximate surface area is 93.3 Å². The minimum atomic E-state index is -0.122. The Morgan fingerprint density at radius 2 is 1.87 bits per heavy atom. The van der Waals surface area contributed by atoms with Crippen LogP contribution in [-0.2, 0) is 4.79 Å². The Morgan fingerprint density at radius 1 is 1.33 bits per heavy atom. The number of carbonyl (C=O) groups is 1. The molecule has 2 nitrogen and oxygen atoms in total. The normalized spacial score (nSPS) is 22.3. The molecule has 0 atom stereocenters. The van der Waals surface area contributed by atoms with Crippen molar-refractivity contribution in [3.8, 4) is 0 Å². The van der Waals surface area contributed by atoms with Crippen LogP contribution in [0, 0.1) is 5.41 Å². The van der Waals surface area contributed by atoms with Crippen LogP contribution in [0.3, 0.4) is 0 Å². The first-order valence-corrected chi connectivity index (χ1v) is 5.76. The predicted molar refractivity (Wildman–Crippen MR) is 63.9 cm³/mol. The van der Waals surface area contributed by atoms with Crippen LogP contribution in [-0.4, -0.2) is 29.8 Å². The van der Waals surface area contributed by atoms with Gasteiger partial charge in [0.05, 0.1) is 0 Å². The van der Waals surface area contributed by atoms with Gasteiger partial charge in [-0.2, -0.15) is 0 Å². The molecule has 0 aliphatic carbocycles. The van der Waals surface area contributed by atoms with E-state index in [4.69, 9.17) is 0 Å². The van der Waals surface area contributed by atoms with E-state index in [-0.39, 0.29) is 11.0 Å². The zero-order valence-electron chi connectivity index (χ0n) is 10.3. The molecule has 0 radical (unpaired) electrons. The summed E-state index contributed by atoms with van der Waals surface area (Å²) in [5.74, 6) is 0. The van der Waals surface area contributed by atoms with Gasteiger partial charge in [0.25, 0.3) is 0 Å². The lowest BCUT2D eigenvalue weighted by atomic mass is 9.76. The number of rotatable bonds is 3. The van der Waals surface area contributed by atoms with Crippen LogP contribution in [0.4, 0.5) is 0 Å². The second-order valence-electron chi connectivity index (χ2n) is 5.63. The monoisotopic (exact) mass is 209 g/mol. The van der Waals surface area contributed by atoms with Crippen molar-refractivity contribution < 1.29 is 4.79 Å². The smallest absolute Gasteiger partial charge is 0.126 e. The van der Waals surface area contributed by atoms with E-state index < -0.39 is 0 Å². The molecule has 1 heterocycles. The first-order chi connectivity index (χ1) is 6.93. The van der Waals surface area contributed by atoms with Gasteiger partial charge in [-0.1, -0.05) is 6.08 Å². The van der Waals surface area contributed by atoms with Crippen LogP contribution < -0.4 is 0 Å². The van der Waals surface area contributed by atoms with Gasteiger partial charge in [-0.3, -0.25) is 4.90 Å². The van der Waals surface area contributed by atoms with Crippen molar-refractivity contribution in [1.29, 1.82) is 0 Å². The number of hydrogen-bond donors (Lipinski definition) is 0. The molecule has 15 heavy (non-hydrogen) atoms. The third-order valence-electron chi connectivity index (χ3n) is 3.51. The molecule has 1 fully saturated rings. The van der Waals surface area contributed by atoms with Gasteiger partial charge in [-0.15, -0.1) is 6.58 Å². The molecule has 0 aromatic rings. The summed E-state index contributed by atoms with van der Waals surface area (Å²) in [6.45, 7) is 12.5. The van der Waals surface area contributed by atoms with Gasteiger partial charge >= 0.3 is 0 Å². The molecule has 0 saturated carbocycles. The van der Waals surface area contributed by atoms with Crippen molar-refractivity contribution in [1.82, 2.24) is 4.90 Å². The Kier molecular flexibility index (Phi) is 3.72. The quantitative estimate of drug-likeness (QED) is 0.526. The summed E-state index contributed by atoms with van der Waals surface area (Å²) >= 11 is 0. The number of carbonyl (C=O) groups excluding carboxylic acids is 1. The van der Waals surface area contributed by atoms with Crippen LogP contribution in [0.25, 0.3) is 0 Å². The van der Waals surface area contributed by atoms with Crippen molar-refractivity contribution in [2.24, 2.45) is 5.41 Å². The van der Waals surface area contributed by atoms with Crippen molar-refractivity contribution in [3.05, 3.63) is 12.7 Å². The van der Waals surface area contributed by atoms with E-state index in [9.17, 15) is 4.79 Å². The van der Waals surface area contributed by atoms with Crippen molar-refractivity contribution >= 4 is 6.29 Å². The van der Waals surface area contributed by atoms with Gasteiger partial charge < -0.3 is 4.79 Å². The second kappa shape index (κ2) is 4.48. The maximum absolute atomic E-state index is 11.2. The molecule has 1 rings (SSSR count). The zero-order valence-corrected chi connectivity index (χ0v) is 10.3. The van der Waals surface area contributed by atoms with E-state index in [0.29, 0.717) is 0 Å². The molecule has 1 aliphatic heterocycles. The van der Waals surface area contributed by atoms with Crippen LogP contribution in [0.2, 0.25) is 0 Å². The van der Waals surface area contributed by atoms with Crippen molar-refractivity contribution in [2.75, 3.05) is 13.1 Å². The maximum atomic E-state index is 11.2. The minimum absolute atomic E-state index is 0.122. The summed E-state index contributed by atoms with van der Waals surface area (Å²) in [7, 11) is 0. The van der Waals surface area contributed by atoms with Crippen molar-refractivity contribution in [3.63, 3.8) is 0 Å². The molecule has 2 heteroatoms. The van der Waals surface area contributed by atoms with Gasteiger partial charge in [0.15, 0.2) is 0 Å². The topological polar surface area (TPSA) is 20.3 Å². The van der Waals surface area contributed by atoms with E-state index in [1.807, 2.05) is 6.08 Å². The summed E-state index contributed by atoms with van der Waals surface area (Å²) in [5, 5.41) is 0. The molecule has 0 aromatic heterocycles. The number of aldehydes is 1. The fourth-order valence-electron chi connectivity index (χ4n) is 2.28. The summed E-state index contributed by atoms with van der Waals surface area (Å²) in [4.78, 5) is 13.6. The number of nitrogens with zero attached hydrogens (tertiary/aromatic N) is 1. The lowest BCUT2D eigenvalue weighted by Crippen LogP contribution is -2.49. The molecular formula is C13H23NO. The molecule has 0 aromatic carbocycles. The highest BCUT2D eigenvalue weighted by molar-refractivity contribution is 5.60. The molecule has 86 valence electrons. The van der Waals surface area contributed by atoms with Crippen LogP contribution in [0.1, 0.15) is 40.0 Å². The molecule has 1 saturated heterocycles. The van der Waals surface area contributed by atoms with E-state index >= 15 is 0 Å². The fraction of sp³-hybridized carbons (Fsp3) is 0.769. The highest BCUT2D eigenvalue weighted by Crippen LogP contribution is 2.35. The lowest BCUT2D eigenvalue weighted by Gasteiger charge is -2.44. The summed E-state index contributed by atoms with van der Waals surface area (Å²) < 4.78 is 0. The number of piperidine rings is 1. The van der Waals surface area contributed by atoms with Crippen molar-refractivity contribution in [2.45, 2.75) is 45.6 Å². The van der Waals surface area contributed by atoms with Gasteiger partial charge in [0.2, 0.25) is 0 Å². The number of likely N-dealkylation sites (tertiary alicyclic amines) is 1. The summed E-state index contributed by atoms with van der Waals surface area (Å²) in [6, 6.07) is 0. The number of hydrogen-bond acceptors (Lipinski definition) is 2. The first kappa shape index (κ1) is 12.4. The predicted octanol–water partition coefficient (Wildman–Crippen LogP) is 2.64. The molecular weight excluding hydrogens is 186 g/mol. The van der Waals surface area contributed by atoms with Gasteiger partial charge in [0.1, 0.15) is 6.29 Å². The van der Waals surface area contributed by atoms with E-state index in [0.717, 1.165) is 38.6 Å².